The minimum atomic E-state index is 0. The summed E-state index contributed by atoms with van der Waals surface area (Å²) in [6.07, 6.45) is 4.15. The number of aliphatic imine (C=N–C) groups is 1. The standard InChI is InChI=1S/C20H30N6O.HI/c1-15-16(2)27-19(25-15)14-26-10-7-17(8-11-26)12-23-20(21-3)24-13-18-6-4-5-9-22-18;/h4-6,9,17H,7-8,10-14H2,1-3H3,(H2,21,23,24);1H. The minimum absolute atomic E-state index is 0. The Labute approximate surface area is 184 Å². The van der Waals surface area contributed by atoms with Gasteiger partial charge in [-0.15, -0.1) is 24.0 Å². The molecule has 2 aromatic heterocycles. The molecule has 154 valence electrons. The fourth-order valence-electron chi connectivity index (χ4n) is 3.29. The predicted molar refractivity (Wildman–Crippen MR) is 122 cm³/mol. The van der Waals surface area contributed by atoms with Crippen molar-refractivity contribution >= 4 is 29.9 Å². The lowest BCUT2D eigenvalue weighted by molar-refractivity contribution is 0.164. The van der Waals surface area contributed by atoms with Crippen LogP contribution in [0.3, 0.4) is 0 Å². The monoisotopic (exact) mass is 498 g/mol. The van der Waals surface area contributed by atoms with Crippen molar-refractivity contribution in [1.82, 2.24) is 25.5 Å². The van der Waals surface area contributed by atoms with E-state index < -0.39 is 0 Å². The molecule has 0 unspecified atom stereocenters. The fourth-order valence-corrected chi connectivity index (χ4v) is 3.29. The Kier molecular flexibility index (Phi) is 9.17. The Morgan fingerprint density at radius 2 is 2.04 bits per heavy atom. The van der Waals surface area contributed by atoms with Gasteiger partial charge in [0.15, 0.2) is 5.96 Å². The van der Waals surface area contributed by atoms with E-state index in [4.69, 9.17) is 4.42 Å². The molecule has 1 aliphatic heterocycles. The van der Waals surface area contributed by atoms with Crippen molar-refractivity contribution in [1.29, 1.82) is 0 Å². The Morgan fingerprint density at radius 1 is 1.25 bits per heavy atom. The summed E-state index contributed by atoms with van der Waals surface area (Å²) >= 11 is 0. The Balaban J connectivity index is 0.00000280. The van der Waals surface area contributed by atoms with Gasteiger partial charge in [-0.1, -0.05) is 6.07 Å². The van der Waals surface area contributed by atoms with Gasteiger partial charge in [0.05, 0.1) is 24.5 Å². The maximum absolute atomic E-state index is 5.71. The van der Waals surface area contributed by atoms with Gasteiger partial charge in [-0.05, 0) is 57.8 Å². The maximum Gasteiger partial charge on any atom is 0.208 e. The third kappa shape index (κ3) is 6.73. The van der Waals surface area contributed by atoms with Crippen LogP contribution in [0.2, 0.25) is 0 Å². The van der Waals surface area contributed by atoms with Crippen LogP contribution >= 0.6 is 24.0 Å². The van der Waals surface area contributed by atoms with Crippen LogP contribution in [-0.4, -0.2) is 47.5 Å². The zero-order valence-electron chi connectivity index (χ0n) is 16.9. The van der Waals surface area contributed by atoms with Gasteiger partial charge in [0.25, 0.3) is 0 Å². The molecular formula is C20H31IN6O. The first-order valence-corrected chi connectivity index (χ1v) is 9.63. The number of rotatable bonds is 6. The van der Waals surface area contributed by atoms with Crippen molar-refractivity contribution in [2.75, 3.05) is 26.7 Å². The number of hydrogen-bond acceptors (Lipinski definition) is 5. The maximum atomic E-state index is 5.71. The highest BCUT2D eigenvalue weighted by Gasteiger charge is 2.21. The van der Waals surface area contributed by atoms with Gasteiger partial charge in [0, 0.05) is 19.8 Å². The Hall–Kier alpha value is -1.68. The van der Waals surface area contributed by atoms with Crippen LogP contribution in [0.15, 0.2) is 33.8 Å². The van der Waals surface area contributed by atoms with E-state index in [9.17, 15) is 0 Å². The molecule has 2 aromatic rings. The van der Waals surface area contributed by atoms with E-state index >= 15 is 0 Å². The normalized spacial score (nSPS) is 15.9. The smallest absolute Gasteiger partial charge is 0.208 e. The molecule has 0 aromatic carbocycles. The number of aryl methyl sites for hydroxylation is 2. The predicted octanol–water partition coefficient (Wildman–Crippen LogP) is 2.88. The van der Waals surface area contributed by atoms with E-state index in [-0.39, 0.29) is 24.0 Å². The molecule has 1 fully saturated rings. The molecule has 0 spiro atoms. The summed E-state index contributed by atoms with van der Waals surface area (Å²) in [4.78, 5) is 15.5. The number of nitrogens with zero attached hydrogens (tertiary/aromatic N) is 4. The molecule has 1 aliphatic rings. The summed E-state index contributed by atoms with van der Waals surface area (Å²) in [5.41, 5.74) is 2.00. The van der Waals surface area contributed by atoms with Crippen LogP contribution in [0.25, 0.3) is 0 Å². The topological polar surface area (TPSA) is 78.6 Å². The first kappa shape index (κ1) is 22.6. The summed E-state index contributed by atoms with van der Waals surface area (Å²) in [6.45, 7) is 8.54. The molecule has 3 rings (SSSR count). The second-order valence-electron chi connectivity index (χ2n) is 7.10. The lowest BCUT2D eigenvalue weighted by atomic mass is 9.97. The first-order chi connectivity index (χ1) is 13.1. The lowest BCUT2D eigenvalue weighted by Crippen LogP contribution is -2.42. The molecule has 7 nitrogen and oxygen atoms in total. The number of oxazole rings is 1. The summed E-state index contributed by atoms with van der Waals surface area (Å²) in [7, 11) is 1.80. The molecule has 1 saturated heterocycles. The number of pyridine rings is 1. The zero-order chi connectivity index (χ0) is 19.1. The minimum Gasteiger partial charge on any atom is -0.444 e. The average Bonchev–Trinajstić information content (AvgIpc) is 3.01. The summed E-state index contributed by atoms with van der Waals surface area (Å²) in [6, 6.07) is 5.93. The van der Waals surface area contributed by atoms with Gasteiger partial charge in [-0.3, -0.25) is 14.9 Å². The number of likely N-dealkylation sites (tertiary alicyclic amines) is 1. The third-order valence-electron chi connectivity index (χ3n) is 5.08. The van der Waals surface area contributed by atoms with Gasteiger partial charge >= 0.3 is 0 Å². The SMILES string of the molecule is CN=C(NCc1ccccn1)NCC1CCN(Cc2nc(C)c(C)o2)CC1.I. The quantitative estimate of drug-likeness (QED) is 0.363. The highest BCUT2D eigenvalue weighted by molar-refractivity contribution is 14.0. The number of piperidine rings is 1. The van der Waals surface area contributed by atoms with Crippen LogP contribution in [-0.2, 0) is 13.1 Å². The van der Waals surface area contributed by atoms with E-state index in [1.54, 1.807) is 7.05 Å². The number of halogens is 1. The van der Waals surface area contributed by atoms with Gasteiger partial charge in [0.1, 0.15) is 5.76 Å². The molecule has 0 bridgehead atoms. The number of nitrogens with one attached hydrogen (secondary N) is 2. The van der Waals surface area contributed by atoms with Crippen molar-refractivity contribution in [2.24, 2.45) is 10.9 Å². The third-order valence-corrected chi connectivity index (χ3v) is 5.08. The number of aromatic nitrogens is 2. The summed E-state index contributed by atoms with van der Waals surface area (Å²) in [5, 5.41) is 6.77. The molecule has 0 saturated carbocycles. The molecule has 0 radical (unpaired) electrons. The van der Waals surface area contributed by atoms with Crippen LogP contribution in [0.5, 0.6) is 0 Å². The number of guanidine groups is 1. The van der Waals surface area contributed by atoms with Crippen molar-refractivity contribution < 1.29 is 4.42 Å². The molecule has 3 heterocycles. The van der Waals surface area contributed by atoms with E-state index in [1.165, 1.54) is 12.8 Å². The molecule has 8 heteroatoms. The molecule has 0 atom stereocenters. The van der Waals surface area contributed by atoms with E-state index in [0.29, 0.717) is 12.5 Å². The van der Waals surface area contributed by atoms with Crippen LogP contribution in [0.1, 0.15) is 35.9 Å². The van der Waals surface area contributed by atoms with E-state index in [2.05, 4.69) is 30.5 Å². The number of hydrogen-bond donors (Lipinski definition) is 2. The molecule has 0 aliphatic carbocycles. The highest BCUT2D eigenvalue weighted by Crippen LogP contribution is 2.19. The average molecular weight is 498 g/mol. The van der Waals surface area contributed by atoms with E-state index in [1.807, 2.05) is 38.2 Å². The summed E-state index contributed by atoms with van der Waals surface area (Å²) in [5.74, 6) is 3.24. The lowest BCUT2D eigenvalue weighted by Gasteiger charge is -2.31. The summed E-state index contributed by atoms with van der Waals surface area (Å²) < 4.78 is 5.71. The van der Waals surface area contributed by atoms with Gasteiger partial charge in [-0.25, -0.2) is 4.98 Å². The Morgan fingerprint density at radius 3 is 2.64 bits per heavy atom. The highest BCUT2D eigenvalue weighted by atomic mass is 127. The second kappa shape index (κ2) is 11.4. The Bertz CT molecular complexity index is 721. The van der Waals surface area contributed by atoms with Crippen molar-refractivity contribution in [3.8, 4) is 0 Å². The van der Waals surface area contributed by atoms with Crippen LogP contribution in [0.4, 0.5) is 0 Å². The van der Waals surface area contributed by atoms with Crippen molar-refractivity contribution in [3.63, 3.8) is 0 Å². The first-order valence-electron chi connectivity index (χ1n) is 9.63. The van der Waals surface area contributed by atoms with Gasteiger partial charge in [0.2, 0.25) is 5.89 Å². The second-order valence-corrected chi connectivity index (χ2v) is 7.10. The van der Waals surface area contributed by atoms with Crippen molar-refractivity contribution in [3.05, 3.63) is 47.4 Å². The van der Waals surface area contributed by atoms with Crippen LogP contribution < -0.4 is 10.6 Å². The molecule has 2 N–H and O–H groups in total. The van der Waals surface area contributed by atoms with Crippen molar-refractivity contribution in [2.45, 2.75) is 39.8 Å². The van der Waals surface area contributed by atoms with Crippen LogP contribution in [0, 0.1) is 19.8 Å². The van der Waals surface area contributed by atoms with Gasteiger partial charge in [-0.2, -0.15) is 0 Å². The largest absolute Gasteiger partial charge is 0.444 e. The van der Waals surface area contributed by atoms with Gasteiger partial charge < -0.3 is 15.1 Å². The zero-order valence-corrected chi connectivity index (χ0v) is 19.3. The van der Waals surface area contributed by atoms with E-state index in [0.717, 1.165) is 55.2 Å². The molecular weight excluding hydrogens is 467 g/mol. The fraction of sp³-hybridized carbons (Fsp3) is 0.550. The molecule has 0 amide bonds. The molecule has 28 heavy (non-hydrogen) atoms.